The summed E-state index contributed by atoms with van der Waals surface area (Å²) in [5.74, 6) is -0.307. The predicted octanol–water partition coefficient (Wildman–Crippen LogP) is 4.19. The Hall–Kier alpha value is -3.33. The Morgan fingerprint density at radius 1 is 1.07 bits per heavy atom. The number of amides is 1. The number of carbonyl (C=O) groups excluding carboxylic acids is 2. The van der Waals surface area contributed by atoms with Crippen LogP contribution >= 0.6 is 0 Å². The molecule has 0 unspecified atom stereocenters. The van der Waals surface area contributed by atoms with E-state index in [-0.39, 0.29) is 25.0 Å². The number of rotatable bonds is 8. The Kier molecular flexibility index (Phi) is 7.79. The monoisotopic (exact) mass is 394 g/mol. The smallest absolute Gasteiger partial charge is 0.338 e. The molecule has 0 aliphatic heterocycles. The molecule has 0 saturated carbocycles. The summed E-state index contributed by atoms with van der Waals surface area (Å²) in [6, 6.07) is 14.4. The third-order valence-corrected chi connectivity index (χ3v) is 4.05. The van der Waals surface area contributed by atoms with Crippen LogP contribution in [0.15, 0.2) is 42.5 Å². The number of nitrogens with zero attached hydrogens (tertiary/aromatic N) is 2. The van der Waals surface area contributed by atoms with Gasteiger partial charge in [0.15, 0.2) is 6.61 Å². The molecule has 2 aromatic carbocycles. The fraction of sp³-hybridized carbons (Fsp3) is 0.348. The first-order valence-corrected chi connectivity index (χ1v) is 9.49. The van der Waals surface area contributed by atoms with E-state index in [9.17, 15) is 9.59 Å². The molecule has 0 atom stereocenters. The standard InChI is InChI=1S/C23H26N2O4/c1-16(2)29-21-8-6-19(7-9-21)23(27)28-15-22(26)25(11-5-10-24)20-13-17(3)12-18(4)14-20/h6-9,12-14,16H,5,11,15H2,1-4H3. The first-order valence-electron chi connectivity index (χ1n) is 9.49. The van der Waals surface area contributed by atoms with Gasteiger partial charge in [-0.3, -0.25) is 4.79 Å². The van der Waals surface area contributed by atoms with Gasteiger partial charge in [-0.2, -0.15) is 5.26 Å². The molecule has 0 aliphatic carbocycles. The van der Waals surface area contributed by atoms with Gasteiger partial charge in [-0.1, -0.05) is 6.07 Å². The fourth-order valence-corrected chi connectivity index (χ4v) is 2.90. The normalized spacial score (nSPS) is 10.3. The third kappa shape index (κ3) is 6.65. The van der Waals surface area contributed by atoms with E-state index in [4.69, 9.17) is 14.7 Å². The zero-order chi connectivity index (χ0) is 21.4. The van der Waals surface area contributed by atoms with Crippen LogP contribution in [0.4, 0.5) is 5.69 Å². The number of benzene rings is 2. The van der Waals surface area contributed by atoms with Crippen molar-refractivity contribution in [3.63, 3.8) is 0 Å². The summed E-state index contributed by atoms with van der Waals surface area (Å²) < 4.78 is 10.7. The number of carbonyl (C=O) groups is 2. The molecule has 1 amide bonds. The third-order valence-electron chi connectivity index (χ3n) is 4.05. The number of esters is 1. The molecule has 2 rings (SSSR count). The van der Waals surface area contributed by atoms with Gasteiger partial charge in [-0.15, -0.1) is 0 Å². The summed E-state index contributed by atoms with van der Waals surface area (Å²) in [4.78, 5) is 26.5. The van der Waals surface area contributed by atoms with Crippen molar-refractivity contribution >= 4 is 17.6 Å². The lowest BCUT2D eigenvalue weighted by Gasteiger charge is -2.22. The number of hydrogen-bond donors (Lipinski definition) is 0. The van der Waals surface area contributed by atoms with E-state index in [1.165, 1.54) is 4.90 Å². The summed E-state index contributed by atoms with van der Waals surface area (Å²) in [5, 5.41) is 8.91. The molecule has 0 aromatic heterocycles. The van der Waals surface area contributed by atoms with Crippen LogP contribution in [0.5, 0.6) is 5.75 Å². The average Bonchev–Trinajstić information content (AvgIpc) is 2.65. The van der Waals surface area contributed by atoms with Crippen molar-refractivity contribution in [1.29, 1.82) is 5.26 Å². The molecule has 29 heavy (non-hydrogen) atoms. The van der Waals surface area contributed by atoms with Gasteiger partial charge in [0.25, 0.3) is 5.91 Å². The van der Waals surface area contributed by atoms with Crippen molar-refractivity contribution in [1.82, 2.24) is 0 Å². The lowest BCUT2D eigenvalue weighted by Crippen LogP contribution is -2.35. The molecule has 0 saturated heterocycles. The van der Waals surface area contributed by atoms with E-state index in [0.29, 0.717) is 17.0 Å². The highest BCUT2D eigenvalue weighted by Crippen LogP contribution is 2.20. The topological polar surface area (TPSA) is 79.6 Å². The lowest BCUT2D eigenvalue weighted by molar-refractivity contribution is -0.121. The van der Waals surface area contributed by atoms with Crippen molar-refractivity contribution < 1.29 is 19.1 Å². The summed E-state index contributed by atoms with van der Waals surface area (Å²) >= 11 is 0. The Bertz CT molecular complexity index is 878. The maximum absolute atomic E-state index is 12.7. The molecule has 0 spiro atoms. The van der Waals surface area contributed by atoms with Crippen molar-refractivity contribution in [2.45, 2.75) is 40.2 Å². The largest absolute Gasteiger partial charge is 0.491 e. The first-order chi connectivity index (χ1) is 13.8. The molecular weight excluding hydrogens is 368 g/mol. The van der Waals surface area contributed by atoms with Crippen LogP contribution < -0.4 is 9.64 Å². The van der Waals surface area contributed by atoms with E-state index < -0.39 is 12.6 Å². The summed E-state index contributed by atoms with van der Waals surface area (Å²) in [5.41, 5.74) is 3.05. The van der Waals surface area contributed by atoms with Crippen LogP contribution in [0, 0.1) is 25.2 Å². The molecule has 152 valence electrons. The van der Waals surface area contributed by atoms with Crippen molar-refractivity contribution in [3.05, 3.63) is 59.2 Å². The first kappa shape index (κ1) is 22.0. The molecule has 0 radical (unpaired) electrons. The Morgan fingerprint density at radius 2 is 1.69 bits per heavy atom. The minimum atomic E-state index is -0.588. The van der Waals surface area contributed by atoms with Gasteiger partial charge in [0.2, 0.25) is 0 Å². The molecule has 0 aliphatic rings. The van der Waals surface area contributed by atoms with E-state index in [0.717, 1.165) is 11.1 Å². The van der Waals surface area contributed by atoms with E-state index in [1.54, 1.807) is 24.3 Å². The van der Waals surface area contributed by atoms with Gasteiger partial charge in [0, 0.05) is 12.2 Å². The summed E-state index contributed by atoms with van der Waals surface area (Å²) in [7, 11) is 0. The predicted molar refractivity (Wildman–Crippen MR) is 111 cm³/mol. The van der Waals surface area contributed by atoms with Gasteiger partial charge in [0.05, 0.1) is 24.2 Å². The van der Waals surface area contributed by atoms with Crippen LogP contribution in [-0.4, -0.2) is 31.1 Å². The van der Waals surface area contributed by atoms with Crippen LogP contribution in [0.2, 0.25) is 0 Å². The maximum Gasteiger partial charge on any atom is 0.338 e. The number of aryl methyl sites for hydroxylation is 2. The Morgan fingerprint density at radius 3 is 2.24 bits per heavy atom. The highest BCUT2D eigenvalue weighted by atomic mass is 16.5. The number of anilines is 1. The van der Waals surface area contributed by atoms with Gasteiger partial charge in [-0.05, 0) is 75.2 Å². The van der Waals surface area contributed by atoms with E-state index in [1.807, 2.05) is 52.0 Å². The second-order valence-electron chi connectivity index (χ2n) is 7.07. The lowest BCUT2D eigenvalue weighted by atomic mass is 10.1. The SMILES string of the molecule is Cc1cc(C)cc(N(CCC#N)C(=O)COC(=O)c2ccc(OC(C)C)cc2)c1. The van der Waals surface area contributed by atoms with Gasteiger partial charge in [-0.25, -0.2) is 4.79 Å². The van der Waals surface area contributed by atoms with Crippen LogP contribution in [0.25, 0.3) is 0 Å². The molecule has 6 nitrogen and oxygen atoms in total. The zero-order valence-corrected chi connectivity index (χ0v) is 17.3. The average molecular weight is 394 g/mol. The van der Waals surface area contributed by atoms with Gasteiger partial charge < -0.3 is 14.4 Å². The molecule has 0 fully saturated rings. The quantitative estimate of drug-likeness (QED) is 0.627. The second kappa shape index (κ2) is 10.3. The summed E-state index contributed by atoms with van der Waals surface area (Å²) in [6.07, 6.45) is 0.222. The number of nitriles is 1. The van der Waals surface area contributed by atoms with Crippen LogP contribution in [-0.2, 0) is 9.53 Å². The molecule has 0 bridgehead atoms. The van der Waals surface area contributed by atoms with Crippen molar-refractivity contribution in [2.24, 2.45) is 0 Å². The molecule has 6 heteroatoms. The molecule has 0 heterocycles. The van der Waals surface area contributed by atoms with Gasteiger partial charge in [0.1, 0.15) is 5.75 Å². The Labute approximate surface area is 171 Å². The zero-order valence-electron chi connectivity index (χ0n) is 17.3. The summed E-state index contributed by atoms with van der Waals surface area (Å²) in [6.45, 7) is 7.55. The van der Waals surface area contributed by atoms with Crippen molar-refractivity contribution in [2.75, 3.05) is 18.1 Å². The molecule has 2 aromatic rings. The minimum absolute atomic E-state index is 0.0371. The molecular formula is C23H26N2O4. The second-order valence-corrected chi connectivity index (χ2v) is 7.07. The maximum atomic E-state index is 12.7. The Balaban J connectivity index is 2.05. The van der Waals surface area contributed by atoms with Crippen LogP contribution in [0.1, 0.15) is 41.8 Å². The highest BCUT2D eigenvalue weighted by Gasteiger charge is 2.19. The van der Waals surface area contributed by atoms with Gasteiger partial charge >= 0.3 is 5.97 Å². The minimum Gasteiger partial charge on any atom is -0.491 e. The fourth-order valence-electron chi connectivity index (χ4n) is 2.90. The number of ether oxygens (including phenoxy) is 2. The highest BCUT2D eigenvalue weighted by molar-refractivity contribution is 5.97. The van der Waals surface area contributed by atoms with E-state index >= 15 is 0 Å². The number of hydrogen-bond acceptors (Lipinski definition) is 5. The van der Waals surface area contributed by atoms with Crippen LogP contribution in [0.3, 0.4) is 0 Å². The van der Waals surface area contributed by atoms with E-state index in [2.05, 4.69) is 0 Å². The molecule has 0 N–H and O–H groups in total. The van der Waals surface area contributed by atoms with Crippen molar-refractivity contribution in [3.8, 4) is 11.8 Å².